The number of rotatable bonds is 5. The number of hydrogen-bond acceptors (Lipinski definition) is 4. The van der Waals surface area contributed by atoms with Crippen LogP contribution >= 0.6 is 0 Å². The first-order valence-corrected chi connectivity index (χ1v) is 7.10. The predicted octanol–water partition coefficient (Wildman–Crippen LogP) is 1.70. The van der Waals surface area contributed by atoms with Crippen molar-refractivity contribution in [3.63, 3.8) is 0 Å². The van der Waals surface area contributed by atoms with Crippen molar-refractivity contribution in [1.82, 2.24) is 20.1 Å². The fourth-order valence-electron chi connectivity index (χ4n) is 2.59. The average molecular weight is 272 g/mol. The molecule has 1 atom stereocenters. The second kappa shape index (κ2) is 5.63. The minimum Gasteiger partial charge on any atom is -0.488 e. The summed E-state index contributed by atoms with van der Waals surface area (Å²) in [5.41, 5.74) is 2.60. The second-order valence-corrected chi connectivity index (χ2v) is 5.22. The molecule has 2 heterocycles. The standard InChI is InChI=1S/C15H20N4O/c1-3-19-10-17-18-15(19)9-16-8-13-7-12-6-11(2)4-5-14(12)20-13/h4-6,10,13,16H,3,7-9H2,1-2H3. The van der Waals surface area contributed by atoms with Crippen LogP contribution < -0.4 is 10.1 Å². The lowest BCUT2D eigenvalue weighted by atomic mass is 10.1. The summed E-state index contributed by atoms with van der Waals surface area (Å²) in [6.45, 7) is 6.65. The molecule has 0 bridgehead atoms. The van der Waals surface area contributed by atoms with Gasteiger partial charge in [-0.1, -0.05) is 17.7 Å². The highest BCUT2D eigenvalue weighted by Crippen LogP contribution is 2.29. The summed E-state index contributed by atoms with van der Waals surface area (Å²) in [5, 5.41) is 11.4. The first kappa shape index (κ1) is 13.1. The molecular weight excluding hydrogens is 252 g/mol. The summed E-state index contributed by atoms with van der Waals surface area (Å²) >= 11 is 0. The van der Waals surface area contributed by atoms with Gasteiger partial charge in [-0.3, -0.25) is 0 Å². The molecule has 1 aliphatic rings. The number of hydrogen-bond donors (Lipinski definition) is 1. The van der Waals surface area contributed by atoms with Crippen molar-refractivity contribution >= 4 is 0 Å². The molecule has 0 fully saturated rings. The van der Waals surface area contributed by atoms with Gasteiger partial charge in [0.15, 0.2) is 0 Å². The molecule has 0 aliphatic carbocycles. The third-order valence-corrected chi connectivity index (χ3v) is 3.65. The van der Waals surface area contributed by atoms with E-state index in [1.165, 1.54) is 11.1 Å². The van der Waals surface area contributed by atoms with Gasteiger partial charge in [-0.15, -0.1) is 10.2 Å². The molecule has 106 valence electrons. The van der Waals surface area contributed by atoms with Crippen LogP contribution in [-0.4, -0.2) is 27.4 Å². The summed E-state index contributed by atoms with van der Waals surface area (Å²) in [5.74, 6) is 2.00. The Morgan fingerprint density at radius 1 is 1.45 bits per heavy atom. The van der Waals surface area contributed by atoms with Gasteiger partial charge in [-0.05, 0) is 25.5 Å². The molecule has 1 aromatic carbocycles. The lowest BCUT2D eigenvalue weighted by Gasteiger charge is -2.11. The minimum atomic E-state index is 0.213. The summed E-state index contributed by atoms with van der Waals surface area (Å²) in [4.78, 5) is 0. The molecular formula is C15H20N4O. The molecule has 0 radical (unpaired) electrons. The van der Waals surface area contributed by atoms with E-state index in [1.54, 1.807) is 6.33 Å². The normalized spacial score (nSPS) is 17.0. The van der Waals surface area contributed by atoms with Crippen molar-refractivity contribution < 1.29 is 4.74 Å². The van der Waals surface area contributed by atoms with Gasteiger partial charge in [-0.2, -0.15) is 0 Å². The molecule has 20 heavy (non-hydrogen) atoms. The summed E-state index contributed by atoms with van der Waals surface area (Å²) in [7, 11) is 0. The highest BCUT2D eigenvalue weighted by Gasteiger charge is 2.22. The smallest absolute Gasteiger partial charge is 0.146 e. The molecule has 1 aromatic heterocycles. The Bertz CT molecular complexity index is 593. The molecule has 5 heteroatoms. The van der Waals surface area contributed by atoms with E-state index in [0.29, 0.717) is 0 Å². The van der Waals surface area contributed by atoms with Crippen LogP contribution in [0.4, 0.5) is 0 Å². The van der Waals surface area contributed by atoms with E-state index in [2.05, 4.69) is 47.6 Å². The maximum Gasteiger partial charge on any atom is 0.146 e. The molecule has 1 unspecified atom stereocenters. The Labute approximate surface area is 119 Å². The van der Waals surface area contributed by atoms with E-state index in [9.17, 15) is 0 Å². The van der Waals surface area contributed by atoms with E-state index in [-0.39, 0.29) is 6.10 Å². The Hall–Kier alpha value is -1.88. The van der Waals surface area contributed by atoms with Crippen molar-refractivity contribution in [1.29, 1.82) is 0 Å². The zero-order chi connectivity index (χ0) is 13.9. The Kier molecular flexibility index (Phi) is 3.69. The summed E-state index contributed by atoms with van der Waals surface area (Å²) in [6.07, 6.45) is 2.96. The van der Waals surface area contributed by atoms with Gasteiger partial charge in [0.1, 0.15) is 24.0 Å². The van der Waals surface area contributed by atoms with Crippen LogP contribution in [0.1, 0.15) is 23.9 Å². The first-order chi connectivity index (χ1) is 9.76. The van der Waals surface area contributed by atoms with Gasteiger partial charge in [0, 0.05) is 19.5 Å². The van der Waals surface area contributed by atoms with Crippen molar-refractivity contribution in [2.45, 2.75) is 39.5 Å². The SMILES string of the molecule is CCn1cnnc1CNCC1Cc2cc(C)ccc2O1. The molecule has 2 aromatic rings. The highest BCUT2D eigenvalue weighted by atomic mass is 16.5. The van der Waals surface area contributed by atoms with Crippen LogP contribution in [0.5, 0.6) is 5.75 Å². The zero-order valence-electron chi connectivity index (χ0n) is 12.0. The number of fused-ring (bicyclic) bond motifs is 1. The summed E-state index contributed by atoms with van der Waals surface area (Å²) < 4.78 is 7.97. The number of aryl methyl sites for hydroxylation is 2. The van der Waals surface area contributed by atoms with Gasteiger partial charge < -0.3 is 14.6 Å². The van der Waals surface area contributed by atoms with Crippen molar-refractivity contribution in [3.8, 4) is 5.75 Å². The molecule has 0 saturated heterocycles. The first-order valence-electron chi connectivity index (χ1n) is 7.10. The van der Waals surface area contributed by atoms with Crippen LogP contribution in [0.3, 0.4) is 0 Å². The fraction of sp³-hybridized carbons (Fsp3) is 0.467. The molecule has 0 saturated carbocycles. The van der Waals surface area contributed by atoms with Crippen LogP contribution in [0.25, 0.3) is 0 Å². The van der Waals surface area contributed by atoms with Gasteiger partial charge in [-0.25, -0.2) is 0 Å². The van der Waals surface area contributed by atoms with Crippen molar-refractivity contribution in [3.05, 3.63) is 41.5 Å². The van der Waals surface area contributed by atoms with Crippen LogP contribution in [-0.2, 0) is 19.5 Å². The van der Waals surface area contributed by atoms with Gasteiger partial charge in [0.25, 0.3) is 0 Å². The Morgan fingerprint density at radius 3 is 3.20 bits per heavy atom. The number of nitrogens with zero attached hydrogens (tertiary/aromatic N) is 3. The lowest BCUT2D eigenvalue weighted by Crippen LogP contribution is -2.30. The quantitative estimate of drug-likeness (QED) is 0.900. The number of ether oxygens (including phenoxy) is 1. The number of aromatic nitrogens is 3. The largest absolute Gasteiger partial charge is 0.488 e. The topological polar surface area (TPSA) is 52.0 Å². The van der Waals surface area contributed by atoms with Crippen LogP contribution in [0, 0.1) is 6.92 Å². The van der Waals surface area contributed by atoms with Gasteiger partial charge in [0.2, 0.25) is 0 Å². The number of nitrogens with one attached hydrogen (secondary N) is 1. The lowest BCUT2D eigenvalue weighted by molar-refractivity contribution is 0.226. The van der Waals surface area contributed by atoms with E-state index in [1.807, 2.05) is 4.57 Å². The molecule has 5 nitrogen and oxygen atoms in total. The molecule has 3 rings (SSSR count). The third-order valence-electron chi connectivity index (χ3n) is 3.65. The highest BCUT2D eigenvalue weighted by molar-refractivity contribution is 5.40. The Morgan fingerprint density at radius 2 is 2.35 bits per heavy atom. The average Bonchev–Trinajstić information content (AvgIpc) is 3.04. The maximum atomic E-state index is 5.93. The van der Waals surface area contributed by atoms with Crippen LogP contribution in [0.15, 0.2) is 24.5 Å². The maximum absolute atomic E-state index is 5.93. The van der Waals surface area contributed by atoms with Crippen LogP contribution in [0.2, 0.25) is 0 Å². The van der Waals surface area contributed by atoms with Crippen molar-refractivity contribution in [2.75, 3.05) is 6.54 Å². The fourth-order valence-corrected chi connectivity index (χ4v) is 2.59. The molecule has 0 amide bonds. The van der Waals surface area contributed by atoms with E-state index >= 15 is 0 Å². The van der Waals surface area contributed by atoms with E-state index in [4.69, 9.17) is 4.74 Å². The zero-order valence-corrected chi connectivity index (χ0v) is 12.0. The Balaban J connectivity index is 1.51. The van der Waals surface area contributed by atoms with E-state index < -0.39 is 0 Å². The molecule has 0 spiro atoms. The van der Waals surface area contributed by atoms with Gasteiger partial charge in [0.05, 0.1) is 6.54 Å². The summed E-state index contributed by atoms with van der Waals surface area (Å²) in [6, 6.07) is 6.37. The predicted molar refractivity (Wildman–Crippen MR) is 76.7 cm³/mol. The van der Waals surface area contributed by atoms with E-state index in [0.717, 1.165) is 37.6 Å². The monoisotopic (exact) mass is 272 g/mol. The molecule has 1 N–H and O–H groups in total. The van der Waals surface area contributed by atoms with Crippen molar-refractivity contribution in [2.24, 2.45) is 0 Å². The number of benzene rings is 1. The van der Waals surface area contributed by atoms with Gasteiger partial charge >= 0.3 is 0 Å². The second-order valence-electron chi connectivity index (χ2n) is 5.22. The minimum absolute atomic E-state index is 0.213. The third kappa shape index (κ3) is 2.67. The molecule has 1 aliphatic heterocycles.